The molecular weight excluding hydrogens is 318 g/mol. The van der Waals surface area contributed by atoms with E-state index in [-0.39, 0.29) is 6.61 Å². The van der Waals surface area contributed by atoms with E-state index < -0.39 is 18.5 Å². The van der Waals surface area contributed by atoms with Gasteiger partial charge >= 0.3 is 5.97 Å². The predicted octanol–water partition coefficient (Wildman–Crippen LogP) is 3.21. The molecular formula is C17H16ClNO4. The minimum atomic E-state index is -0.625. The van der Waals surface area contributed by atoms with Crippen LogP contribution in [0.4, 0.5) is 5.69 Å². The molecule has 6 heteroatoms. The lowest BCUT2D eigenvalue weighted by molar-refractivity contribution is -0.149. The Hall–Kier alpha value is -2.53. The number of rotatable bonds is 6. The average molecular weight is 334 g/mol. The van der Waals surface area contributed by atoms with Gasteiger partial charge in [-0.1, -0.05) is 41.9 Å². The zero-order valence-corrected chi connectivity index (χ0v) is 13.3. The Bertz CT molecular complexity index is 668. The van der Waals surface area contributed by atoms with Crippen molar-refractivity contribution < 1.29 is 19.1 Å². The molecule has 1 N–H and O–H groups in total. The second-order valence-electron chi connectivity index (χ2n) is 4.74. The maximum Gasteiger partial charge on any atom is 0.344 e. The number of amides is 1. The lowest BCUT2D eigenvalue weighted by Gasteiger charge is -2.10. The quantitative estimate of drug-likeness (QED) is 0.824. The normalized spacial score (nSPS) is 10.0. The average Bonchev–Trinajstić information content (AvgIpc) is 2.55. The van der Waals surface area contributed by atoms with Crippen LogP contribution in [0.3, 0.4) is 0 Å². The van der Waals surface area contributed by atoms with E-state index >= 15 is 0 Å². The number of nitrogens with one attached hydrogen (secondary N) is 1. The first-order chi connectivity index (χ1) is 11.1. The van der Waals surface area contributed by atoms with Crippen molar-refractivity contribution in [1.82, 2.24) is 0 Å². The van der Waals surface area contributed by atoms with Crippen molar-refractivity contribution in [3.63, 3.8) is 0 Å². The number of benzene rings is 2. The number of esters is 1. The second kappa shape index (κ2) is 8.19. The smallest absolute Gasteiger partial charge is 0.344 e. The topological polar surface area (TPSA) is 64.6 Å². The zero-order valence-electron chi connectivity index (χ0n) is 12.5. The molecule has 0 aliphatic carbocycles. The first-order valence-corrected chi connectivity index (χ1v) is 7.32. The van der Waals surface area contributed by atoms with Gasteiger partial charge in [0.2, 0.25) is 0 Å². The summed E-state index contributed by atoms with van der Waals surface area (Å²) in [5.74, 6) is -0.533. The van der Waals surface area contributed by atoms with Gasteiger partial charge in [-0.3, -0.25) is 4.79 Å². The molecule has 23 heavy (non-hydrogen) atoms. The third kappa shape index (κ3) is 5.30. The molecule has 0 fully saturated rings. The number of ether oxygens (including phenoxy) is 2. The molecule has 0 heterocycles. The molecule has 0 aliphatic rings. The van der Waals surface area contributed by atoms with Crippen molar-refractivity contribution in [3.05, 3.63) is 59.1 Å². The lowest BCUT2D eigenvalue weighted by Crippen LogP contribution is -2.24. The number of anilines is 1. The summed E-state index contributed by atoms with van der Waals surface area (Å²) in [7, 11) is 0. The van der Waals surface area contributed by atoms with Gasteiger partial charge in [0.1, 0.15) is 5.75 Å². The van der Waals surface area contributed by atoms with Gasteiger partial charge in [0.15, 0.2) is 13.2 Å². The second-order valence-corrected chi connectivity index (χ2v) is 5.15. The van der Waals surface area contributed by atoms with Crippen molar-refractivity contribution >= 4 is 29.2 Å². The van der Waals surface area contributed by atoms with Crippen molar-refractivity contribution in [2.24, 2.45) is 0 Å². The molecule has 0 unspecified atom stereocenters. The monoisotopic (exact) mass is 333 g/mol. The van der Waals surface area contributed by atoms with Gasteiger partial charge in [0.25, 0.3) is 5.91 Å². The lowest BCUT2D eigenvalue weighted by atomic mass is 10.2. The van der Waals surface area contributed by atoms with Crippen LogP contribution in [0, 0.1) is 6.92 Å². The van der Waals surface area contributed by atoms with Crippen LogP contribution in [-0.2, 0) is 14.3 Å². The Morgan fingerprint density at radius 3 is 2.48 bits per heavy atom. The van der Waals surface area contributed by atoms with Crippen LogP contribution >= 0.6 is 11.6 Å². The van der Waals surface area contributed by atoms with Crippen LogP contribution in [0.2, 0.25) is 5.02 Å². The zero-order chi connectivity index (χ0) is 16.7. The van der Waals surface area contributed by atoms with Crippen LogP contribution in [0.1, 0.15) is 5.56 Å². The highest BCUT2D eigenvalue weighted by Gasteiger charge is 2.11. The molecule has 0 saturated carbocycles. The SMILES string of the molecule is Cc1cccc(Cl)c1NC(=O)COC(=O)COc1ccccc1. The third-order valence-electron chi connectivity index (χ3n) is 2.95. The molecule has 0 aromatic heterocycles. The molecule has 0 radical (unpaired) electrons. The highest BCUT2D eigenvalue weighted by molar-refractivity contribution is 6.33. The van der Waals surface area contributed by atoms with E-state index in [0.717, 1.165) is 5.56 Å². The highest BCUT2D eigenvalue weighted by atomic mass is 35.5. The summed E-state index contributed by atoms with van der Waals surface area (Å²) in [6.07, 6.45) is 0. The summed E-state index contributed by atoms with van der Waals surface area (Å²) < 4.78 is 10.1. The molecule has 5 nitrogen and oxygen atoms in total. The number of carbonyl (C=O) groups is 2. The summed E-state index contributed by atoms with van der Waals surface area (Å²) in [6.45, 7) is 1.16. The van der Waals surface area contributed by atoms with E-state index in [4.69, 9.17) is 21.1 Å². The van der Waals surface area contributed by atoms with Gasteiger partial charge in [-0.25, -0.2) is 4.79 Å². The Morgan fingerprint density at radius 2 is 1.78 bits per heavy atom. The number of hydrogen-bond donors (Lipinski definition) is 1. The standard InChI is InChI=1S/C17H16ClNO4/c1-12-6-5-9-14(18)17(12)19-15(20)10-23-16(21)11-22-13-7-3-2-4-8-13/h2-9H,10-11H2,1H3,(H,19,20). The van der Waals surface area contributed by atoms with Gasteiger partial charge in [-0.2, -0.15) is 0 Å². The van der Waals surface area contributed by atoms with Crippen LogP contribution in [0.5, 0.6) is 5.75 Å². The largest absolute Gasteiger partial charge is 0.482 e. The molecule has 1 amide bonds. The number of hydrogen-bond acceptors (Lipinski definition) is 4. The number of para-hydroxylation sites is 2. The maximum absolute atomic E-state index is 11.8. The number of aryl methyl sites for hydroxylation is 1. The predicted molar refractivity (Wildman–Crippen MR) is 87.7 cm³/mol. The molecule has 0 bridgehead atoms. The summed E-state index contributed by atoms with van der Waals surface area (Å²) in [4.78, 5) is 23.4. The molecule has 2 aromatic rings. The maximum atomic E-state index is 11.8. The molecule has 0 spiro atoms. The van der Waals surface area contributed by atoms with Crippen LogP contribution in [0.15, 0.2) is 48.5 Å². The number of halogens is 1. The van der Waals surface area contributed by atoms with Gasteiger partial charge in [0, 0.05) is 0 Å². The van der Waals surface area contributed by atoms with E-state index in [1.54, 1.807) is 36.4 Å². The Balaban J connectivity index is 1.77. The van der Waals surface area contributed by atoms with E-state index in [0.29, 0.717) is 16.5 Å². The van der Waals surface area contributed by atoms with Gasteiger partial charge < -0.3 is 14.8 Å². The fourth-order valence-electron chi connectivity index (χ4n) is 1.81. The van der Waals surface area contributed by atoms with E-state index in [2.05, 4.69) is 5.32 Å². The Labute approximate surface area is 139 Å². The number of carbonyl (C=O) groups excluding carboxylic acids is 2. The van der Waals surface area contributed by atoms with Crippen molar-refractivity contribution in [1.29, 1.82) is 0 Å². The van der Waals surface area contributed by atoms with Crippen LogP contribution < -0.4 is 10.1 Å². The van der Waals surface area contributed by atoms with Crippen LogP contribution in [-0.4, -0.2) is 25.1 Å². The van der Waals surface area contributed by atoms with Crippen molar-refractivity contribution in [2.45, 2.75) is 6.92 Å². The Kier molecular flexibility index (Phi) is 6.00. The van der Waals surface area contributed by atoms with Crippen molar-refractivity contribution in [3.8, 4) is 5.75 Å². The van der Waals surface area contributed by atoms with Crippen molar-refractivity contribution in [2.75, 3.05) is 18.5 Å². The molecule has 0 aliphatic heterocycles. The van der Waals surface area contributed by atoms with Crippen LogP contribution in [0.25, 0.3) is 0 Å². The van der Waals surface area contributed by atoms with Gasteiger partial charge in [0.05, 0.1) is 10.7 Å². The third-order valence-corrected chi connectivity index (χ3v) is 3.27. The fourth-order valence-corrected chi connectivity index (χ4v) is 2.08. The summed E-state index contributed by atoms with van der Waals surface area (Å²) in [6, 6.07) is 14.1. The minimum absolute atomic E-state index is 0.261. The molecule has 2 rings (SSSR count). The highest BCUT2D eigenvalue weighted by Crippen LogP contribution is 2.24. The summed E-state index contributed by atoms with van der Waals surface area (Å²) >= 11 is 6.01. The first kappa shape index (κ1) is 16.8. The minimum Gasteiger partial charge on any atom is -0.482 e. The summed E-state index contributed by atoms with van der Waals surface area (Å²) in [5, 5.41) is 3.05. The van der Waals surface area contributed by atoms with E-state index in [9.17, 15) is 9.59 Å². The molecule has 0 atom stereocenters. The Morgan fingerprint density at radius 1 is 1.04 bits per heavy atom. The first-order valence-electron chi connectivity index (χ1n) is 6.94. The van der Waals surface area contributed by atoms with E-state index in [1.807, 2.05) is 19.1 Å². The molecule has 0 saturated heterocycles. The summed E-state index contributed by atoms with van der Waals surface area (Å²) in [5.41, 5.74) is 1.33. The molecule has 120 valence electrons. The van der Waals surface area contributed by atoms with E-state index in [1.165, 1.54) is 0 Å². The van der Waals surface area contributed by atoms with Gasteiger partial charge in [-0.15, -0.1) is 0 Å². The fraction of sp³-hybridized carbons (Fsp3) is 0.176. The van der Waals surface area contributed by atoms with Gasteiger partial charge in [-0.05, 0) is 30.7 Å². The molecule has 2 aromatic carbocycles.